The number of hydrogen-bond donors (Lipinski definition) is 0. The van der Waals surface area contributed by atoms with Crippen LogP contribution in [0, 0.1) is 10.1 Å². The zero-order chi connectivity index (χ0) is 10.0. The number of nitro groups is 1. The molecule has 5 heteroatoms. The molecule has 0 atom stereocenters. The van der Waals surface area contributed by atoms with Crippen LogP contribution in [0.5, 0.6) is 0 Å². The summed E-state index contributed by atoms with van der Waals surface area (Å²) in [5.74, 6) is 0.303. The molecule has 13 heavy (non-hydrogen) atoms. The lowest BCUT2D eigenvalue weighted by Gasteiger charge is -1.94. The van der Waals surface area contributed by atoms with Gasteiger partial charge in [0, 0.05) is 0 Å². The van der Waals surface area contributed by atoms with E-state index in [1.54, 1.807) is 0 Å². The van der Waals surface area contributed by atoms with E-state index in [9.17, 15) is 10.1 Å². The summed E-state index contributed by atoms with van der Waals surface area (Å²) in [5, 5.41) is 14.7. The highest BCUT2D eigenvalue weighted by atomic mass is 16.6. The Labute approximate surface area is 76.5 Å². The Kier molecular flexibility index (Phi) is 2.65. The minimum absolute atomic E-state index is 0.0752. The van der Waals surface area contributed by atoms with E-state index in [1.165, 1.54) is 10.7 Å². The third kappa shape index (κ3) is 1.85. The summed E-state index contributed by atoms with van der Waals surface area (Å²) in [6, 6.07) is 1.54. The maximum Gasteiger partial charge on any atom is 0.345 e. The molecule has 0 aliphatic carbocycles. The summed E-state index contributed by atoms with van der Waals surface area (Å²) in [6.45, 7) is 6.30. The van der Waals surface area contributed by atoms with Gasteiger partial charge < -0.3 is 10.1 Å². The minimum Gasteiger partial charge on any atom is -0.358 e. The number of aryl methyl sites for hydroxylation is 1. The van der Waals surface area contributed by atoms with Gasteiger partial charge in [0.1, 0.15) is 6.54 Å². The van der Waals surface area contributed by atoms with Crippen molar-refractivity contribution in [2.45, 2.75) is 33.2 Å². The highest BCUT2D eigenvalue weighted by molar-refractivity contribution is 5.24. The SMILES string of the molecule is CCn1nc(C(C)C)cc1[N+](=O)[O-]. The second-order valence-corrected chi connectivity index (χ2v) is 3.15. The highest BCUT2D eigenvalue weighted by Gasteiger charge is 2.17. The zero-order valence-corrected chi connectivity index (χ0v) is 8.02. The van der Waals surface area contributed by atoms with Gasteiger partial charge in [0.25, 0.3) is 0 Å². The first-order valence-electron chi connectivity index (χ1n) is 4.28. The van der Waals surface area contributed by atoms with Crippen molar-refractivity contribution in [3.05, 3.63) is 21.9 Å². The zero-order valence-electron chi connectivity index (χ0n) is 8.02. The van der Waals surface area contributed by atoms with Gasteiger partial charge in [-0.25, -0.2) is 0 Å². The van der Waals surface area contributed by atoms with E-state index in [2.05, 4.69) is 5.10 Å². The predicted molar refractivity (Wildman–Crippen MR) is 48.6 cm³/mol. The quantitative estimate of drug-likeness (QED) is 0.531. The van der Waals surface area contributed by atoms with Gasteiger partial charge in [-0.05, 0) is 17.8 Å². The van der Waals surface area contributed by atoms with Crippen LogP contribution in [0.2, 0.25) is 0 Å². The van der Waals surface area contributed by atoms with Crippen LogP contribution >= 0.6 is 0 Å². The average molecular weight is 183 g/mol. The van der Waals surface area contributed by atoms with Gasteiger partial charge in [-0.3, -0.25) is 0 Å². The average Bonchev–Trinajstić information content (AvgIpc) is 2.47. The molecule has 1 rings (SSSR count). The predicted octanol–water partition coefficient (Wildman–Crippen LogP) is 1.93. The lowest BCUT2D eigenvalue weighted by atomic mass is 10.1. The summed E-state index contributed by atoms with van der Waals surface area (Å²) in [7, 11) is 0. The molecule has 0 aliphatic rings. The number of rotatable bonds is 3. The molecule has 1 heterocycles. The fourth-order valence-corrected chi connectivity index (χ4v) is 1.09. The monoisotopic (exact) mass is 183 g/mol. The Morgan fingerprint density at radius 3 is 2.62 bits per heavy atom. The van der Waals surface area contributed by atoms with Crippen molar-refractivity contribution >= 4 is 5.82 Å². The normalized spacial score (nSPS) is 10.8. The molecular formula is C8H13N3O2. The second-order valence-electron chi connectivity index (χ2n) is 3.15. The molecule has 0 N–H and O–H groups in total. The number of aromatic nitrogens is 2. The minimum atomic E-state index is -0.400. The van der Waals surface area contributed by atoms with Gasteiger partial charge >= 0.3 is 5.82 Å². The van der Waals surface area contributed by atoms with E-state index < -0.39 is 4.92 Å². The molecule has 0 aromatic carbocycles. The second kappa shape index (κ2) is 3.55. The molecule has 0 fully saturated rings. The first kappa shape index (κ1) is 9.70. The first-order valence-corrected chi connectivity index (χ1v) is 4.28. The fourth-order valence-electron chi connectivity index (χ4n) is 1.09. The lowest BCUT2D eigenvalue weighted by Crippen LogP contribution is -2.02. The van der Waals surface area contributed by atoms with Crippen molar-refractivity contribution in [3.8, 4) is 0 Å². The molecule has 0 saturated carbocycles. The van der Waals surface area contributed by atoms with E-state index in [4.69, 9.17) is 0 Å². The third-order valence-electron chi connectivity index (χ3n) is 1.86. The van der Waals surface area contributed by atoms with Gasteiger partial charge in [-0.2, -0.15) is 0 Å². The van der Waals surface area contributed by atoms with Gasteiger partial charge in [-0.1, -0.05) is 18.9 Å². The maximum absolute atomic E-state index is 10.6. The van der Waals surface area contributed by atoms with Crippen molar-refractivity contribution < 1.29 is 4.92 Å². The van der Waals surface area contributed by atoms with Crippen LogP contribution in [0.3, 0.4) is 0 Å². The van der Waals surface area contributed by atoms with Crippen molar-refractivity contribution in [1.29, 1.82) is 0 Å². The molecule has 0 spiro atoms. The topological polar surface area (TPSA) is 61.0 Å². The summed E-state index contributed by atoms with van der Waals surface area (Å²) < 4.78 is 1.41. The van der Waals surface area contributed by atoms with Gasteiger partial charge in [0.05, 0.1) is 11.8 Å². The molecule has 0 amide bonds. The molecule has 0 bridgehead atoms. The Balaban J connectivity index is 3.11. The summed E-state index contributed by atoms with van der Waals surface area (Å²) in [4.78, 5) is 10.2. The van der Waals surface area contributed by atoms with Gasteiger partial charge in [-0.15, -0.1) is 4.68 Å². The molecule has 0 saturated heterocycles. The van der Waals surface area contributed by atoms with E-state index in [-0.39, 0.29) is 11.7 Å². The van der Waals surface area contributed by atoms with Crippen LogP contribution in [-0.4, -0.2) is 14.7 Å². The van der Waals surface area contributed by atoms with Gasteiger partial charge in [0.15, 0.2) is 0 Å². The maximum atomic E-state index is 10.6. The molecule has 0 radical (unpaired) electrons. The Hall–Kier alpha value is -1.39. The van der Waals surface area contributed by atoms with Crippen LogP contribution in [0.1, 0.15) is 32.4 Å². The third-order valence-corrected chi connectivity index (χ3v) is 1.86. The standard InChI is InChI=1S/C8H13N3O2/c1-4-10-8(11(12)13)5-7(9-10)6(2)3/h5-6H,4H2,1-3H3. The van der Waals surface area contributed by atoms with Crippen LogP contribution in [-0.2, 0) is 6.54 Å². The Morgan fingerprint density at radius 1 is 1.69 bits per heavy atom. The van der Waals surface area contributed by atoms with Crippen molar-refractivity contribution in [2.75, 3.05) is 0 Å². The van der Waals surface area contributed by atoms with Crippen molar-refractivity contribution in [2.24, 2.45) is 0 Å². The van der Waals surface area contributed by atoms with Crippen LogP contribution < -0.4 is 0 Å². The molecule has 72 valence electrons. The first-order chi connectivity index (χ1) is 6.06. The molecule has 1 aromatic rings. The molecule has 1 aromatic heterocycles. The summed E-state index contributed by atoms with van der Waals surface area (Å²) in [5.41, 5.74) is 0.772. The van der Waals surface area contributed by atoms with E-state index in [0.717, 1.165) is 5.69 Å². The van der Waals surface area contributed by atoms with E-state index in [0.29, 0.717) is 6.54 Å². The molecular weight excluding hydrogens is 170 g/mol. The number of hydrogen-bond acceptors (Lipinski definition) is 3. The van der Waals surface area contributed by atoms with Gasteiger partial charge in [0.2, 0.25) is 0 Å². The molecule has 0 aliphatic heterocycles. The van der Waals surface area contributed by atoms with E-state index >= 15 is 0 Å². The van der Waals surface area contributed by atoms with Crippen LogP contribution in [0.15, 0.2) is 6.07 Å². The summed E-state index contributed by atoms with van der Waals surface area (Å²) in [6.07, 6.45) is 0. The highest BCUT2D eigenvalue weighted by Crippen LogP contribution is 2.19. The Bertz CT molecular complexity index is 317. The van der Waals surface area contributed by atoms with Crippen molar-refractivity contribution in [1.82, 2.24) is 9.78 Å². The smallest absolute Gasteiger partial charge is 0.345 e. The number of nitrogens with zero attached hydrogens (tertiary/aromatic N) is 3. The Morgan fingerprint density at radius 2 is 2.31 bits per heavy atom. The van der Waals surface area contributed by atoms with Crippen LogP contribution in [0.4, 0.5) is 5.82 Å². The molecule has 5 nitrogen and oxygen atoms in total. The summed E-state index contributed by atoms with van der Waals surface area (Å²) >= 11 is 0. The lowest BCUT2D eigenvalue weighted by molar-refractivity contribution is -0.392. The van der Waals surface area contributed by atoms with Crippen LogP contribution in [0.25, 0.3) is 0 Å². The molecule has 0 unspecified atom stereocenters. The van der Waals surface area contributed by atoms with Crippen molar-refractivity contribution in [3.63, 3.8) is 0 Å². The van der Waals surface area contributed by atoms with E-state index in [1.807, 2.05) is 20.8 Å². The largest absolute Gasteiger partial charge is 0.358 e. The fraction of sp³-hybridized carbons (Fsp3) is 0.625.